The summed E-state index contributed by atoms with van der Waals surface area (Å²) >= 11 is 8.69. The van der Waals surface area contributed by atoms with E-state index in [1.54, 1.807) is 6.07 Å². The van der Waals surface area contributed by atoms with Gasteiger partial charge in [0, 0.05) is 4.90 Å². The third-order valence-electron chi connectivity index (χ3n) is 1.55. The lowest BCUT2D eigenvalue weighted by Crippen LogP contribution is -1.88. The van der Waals surface area contributed by atoms with Crippen LogP contribution in [0, 0.1) is 0 Å². The summed E-state index contributed by atoms with van der Waals surface area (Å²) in [5, 5.41) is 0.569. The first-order valence-corrected chi connectivity index (χ1v) is 5.72. The monoisotopic (exact) mass is 243 g/mol. The van der Waals surface area contributed by atoms with Gasteiger partial charge in [0.15, 0.2) is 4.34 Å². The van der Waals surface area contributed by atoms with Crippen LogP contribution in [0.2, 0.25) is 5.02 Å². The second-order valence-corrected chi connectivity index (χ2v) is 4.94. The molecule has 0 radical (unpaired) electrons. The molecule has 1 aromatic carbocycles. The predicted molar refractivity (Wildman–Crippen MR) is 59.9 cm³/mol. The van der Waals surface area contributed by atoms with Crippen molar-refractivity contribution in [3.8, 4) is 0 Å². The molecule has 14 heavy (non-hydrogen) atoms. The van der Waals surface area contributed by atoms with E-state index >= 15 is 0 Å². The van der Waals surface area contributed by atoms with Crippen LogP contribution >= 0.6 is 34.9 Å². The Bertz CT molecular complexity index is 430. The van der Waals surface area contributed by atoms with Crippen LogP contribution < -0.4 is 5.73 Å². The molecule has 2 N–H and O–H groups in total. The molecule has 0 saturated carbocycles. The minimum atomic E-state index is 0.569. The molecule has 0 amide bonds. The first-order valence-electron chi connectivity index (χ1n) is 3.76. The Balaban J connectivity index is 2.29. The van der Waals surface area contributed by atoms with Crippen molar-refractivity contribution in [2.24, 2.45) is 0 Å². The fraction of sp³-hybridized carbons (Fsp3) is 0. The summed E-state index contributed by atoms with van der Waals surface area (Å²) < 4.78 is 4.77. The molecule has 0 fully saturated rings. The first-order chi connectivity index (χ1) is 6.77. The second kappa shape index (κ2) is 4.16. The number of aromatic nitrogens is 2. The van der Waals surface area contributed by atoms with Crippen molar-refractivity contribution in [1.29, 1.82) is 0 Å². The van der Waals surface area contributed by atoms with E-state index in [9.17, 15) is 0 Å². The summed E-state index contributed by atoms with van der Waals surface area (Å²) in [6.45, 7) is 0. The van der Waals surface area contributed by atoms with E-state index in [-0.39, 0.29) is 0 Å². The Labute approximate surface area is 94.5 Å². The molecule has 0 spiro atoms. The zero-order valence-electron chi connectivity index (χ0n) is 6.98. The van der Waals surface area contributed by atoms with E-state index in [1.807, 2.05) is 12.1 Å². The number of nitrogens with two attached hydrogens (primary N) is 1. The number of hydrogen-bond acceptors (Lipinski definition) is 5. The van der Waals surface area contributed by atoms with Crippen molar-refractivity contribution in [3.63, 3.8) is 0 Å². The van der Waals surface area contributed by atoms with Crippen molar-refractivity contribution in [2.45, 2.75) is 9.24 Å². The lowest BCUT2D eigenvalue weighted by atomic mass is 10.3. The molecule has 1 aromatic heterocycles. The molecule has 0 aliphatic heterocycles. The zero-order chi connectivity index (χ0) is 9.97. The summed E-state index contributed by atoms with van der Waals surface area (Å²) in [6, 6.07) is 5.54. The molecule has 72 valence electrons. The maximum Gasteiger partial charge on any atom is 0.174 e. The molecular weight excluding hydrogens is 238 g/mol. The number of anilines is 1. The average molecular weight is 244 g/mol. The Morgan fingerprint density at radius 3 is 3.00 bits per heavy atom. The third-order valence-corrected chi connectivity index (χ3v) is 3.67. The highest BCUT2D eigenvalue weighted by Crippen LogP contribution is 2.35. The highest BCUT2D eigenvalue weighted by molar-refractivity contribution is 8.01. The van der Waals surface area contributed by atoms with Gasteiger partial charge in [-0.1, -0.05) is 29.4 Å². The van der Waals surface area contributed by atoms with E-state index < -0.39 is 0 Å². The Kier molecular flexibility index (Phi) is 2.90. The number of halogens is 1. The lowest BCUT2D eigenvalue weighted by Gasteiger charge is -2.03. The highest BCUT2D eigenvalue weighted by atomic mass is 35.5. The fourth-order valence-corrected chi connectivity index (χ4v) is 2.62. The van der Waals surface area contributed by atoms with Crippen molar-refractivity contribution in [3.05, 3.63) is 29.5 Å². The fourth-order valence-electron chi connectivity index (χ4n) is 0.908. The summed E-state index contributed by atoms with van der Waals surface area (Å²) in [5.41, 5.74) is 6.39. The van der Waals surface area contributed by atoms with Crippen LogP contribution in [0.25, 0.3) is 0 Å². The number of hydrogen-bond donors (Lipinski definition) is 1. The maximum atomic E-state index is 5.88. The molecule has 1 heterocycles. The molecule has 0 bridgehead atoms. The standard InChI is InChI=1S/C8H6ClN3S2/c9-5-2-1-3-6(7(5)10)13-8-11-4-12-14-8/h1-4H,10H2. The van der Waals surface area contributed by atoms with Crippen LogP contribution in [-0.2, 0) is 0 Å². The Morgan fingerprint density at radius 2 is 2.29 bits per heavy atom. The lowest BCUT2D eigenvalue weighted by molar-refractivity contribution is 1.21. The summed E-state index contributed by atoms with van der Waals surface area (Å²) in [5.74, 6) is 0. The van der Waals surface area contributed by atoms with Gasteiger partial charge < -0.3 is 5.73 Å². The van der Waals surface area contributed by atoms with Gasteiger partial charge in [-0.05, 0) is 23.7 Å². The largest absolute Gasteiger partial charge is 0.397 e. The first kappa shape index (κ1) is 9.76. The quantitative estimate of drug-likeness (QED) is 0.824. The molecule has 2 rings (SSSR count). The van der Waals surface area contributed by atoms with Crippen LogP contribution in [0.3, 0.4) is 0 Å². The third kappa shape index (κ3) is 2.00. The van der Waals surface area contributed by atoms with Crippen LogP contribution in [0.4, 0.5) is 5.69 Å². The molecule has 0 aliphatic carbocycles. The molecule has 6 heteroatoms. The van der Waals surface area contributed by atoms with Crippen LogP contribution in [-0.4, -0.2) is 9.36 Å². The van der Waals surface area contributed by atoms with E-state index in [4.69, 9.17) is 17.3 Å². The smallest absolute Gasteiger partial charge is 0.174 e. The second-order valence-electron chi connectivity index (χ2n) is 2.46. The van der Waals surface area contributed by atoms with Crippen molar-refractivity contribution < 1.29 is 0 Å². The molecule has 0 atom stereocenters. The van der Waals surface area contributed by atoms with Gasteiger partial charge in [0.1, 0.15) is 6.33 Å². The molecular formula is C8H6ClN3S2. The maximum absolute atomic E-state index is 5.88. The Hall–Kier alpha value is -0.780. The van der Waals surface area contributed by atoms with Gasteiger partial charge in [-0.15, -0.1) is 0 Å². The van der Waals surface area contributed by atoms with Crippen molar-refractivity contribution in [2.75, 3.05) is 5.73 Å². The molecule has 0 aliphatic rings. The van der Waals surface area contributed by atoms with Crippen LogP contribution in [0.5, 0.6) is 0 Å². The number of benzene rings is 1. The topological polar surface area (TPSA) is 51.8 Å². The molecule has 0 unspecified atom stereocenters. The van der Waals surface area contributed by atoms with E-state index in [2.05, 4.69) is 9.36 Å². The zero-order valence-corrected chi connectivity index (χ0v) is 9.36. The van der Waals surface area contributed by atoms with E-state index in [1.165, 1.54) is 29.6 Å². The summed E-state index contributed by atoms with van der Waals surface area (Å²) in [6.07, 6.45) is 1.52. The minimum absolute atomic E-state index is 0.569. The SMILES string of the molecule is Nc1c(Cl)cccc1Sc1ncns1. The molecule has 2 aromatic rings. The number of nitrogens with zero attached hydrogens (tertiary/aromatic N) is 2. The van der Waals surface area contributed by atoms with E-state index in [0.29, 0.717) is 10.7 Å². The molecule has 3 nitrogen and oxygen atoms in total. The van der Waals surface area contributed by atoms with Gasteiger partial charge in [0.2, 0.25) is 0 Å². The van der Waals surface area contributed by atoms with Gasteiger partial charge in [-0.2, -0.15) is 4.37 Å². The summed E-state index contributed by atoms with van der Waals surface area (Å²) in [4.78, 5) is 4.97. The number of rotatable bonds is 2. The summed E-state index contributed by atoms with van der Waals surface area (Å²) in [7, 11) is 0. The van der Waals surface area contributed by atoms with Crippen molar-refractivity contribution in [1.82, 2.24) is 9.36 Å². The highest BCUT2D eigenvalue weighted by Gasteiger charge is 2.06. The molecule has 0 saturated heterocycles. The van der Waals surface area contributed by atoms with Crippen molar-refractivity contribution >= 4 is 40.6 Å². The van der Waals surface area contributed by atoms with E-state index in [0.717, 1.165) is 9.24 Å². The minimum Gasteiger partial charge on any atom is -0.397 e. The number of nitrogen functional groups attached to an aromatic ring is 1. The van der Waals surface area contributed by atoms with Crippen LogP contribution in [0.1, 0.15) is 0 Å². The van der Waals surface area contributed by atoms with Gasteiger partial charge >= 0.3 is 0 Å². The van der Waals surface area contributed by atoms with Gasteiger partial charge in [0.25, 0.3) is 0 Å². The predicted octanol–water partition coefficient (Wildman–Crippen LogP) is 2.92. The normalized spacial score (nSPS) is 10.4. The van der Waals surface area contributed by atoms with Gasteiger partial charge in [0.05, 0.1) is 10.7 Å². The van der Waals surface area contributed by atoms with Gasteiger partial charge in [-0.25, -0.2) is 4.98 Å². The average Bonchev–Trinajstić information content (AvgIpc) is 2.66. The van der Waals surface area contributed by atoms with Crippen LogP contribution in [0.15, 0.2) is 33.8 Å². The number of para-hydroxylation sites is 1. The Morgan fingerprint density at radius 1 is 1.43 bits per heavy atom. The van der Waals surface area contributed by atoms with Gasteiger partial charge in [-0.3, -0.25) is 0 Å².